The van der Waals surface area contributed by atoms with Crippen LogP contribution in [0.2, 0.25) is 0 Å². The van der Waals surface area contributed by atoms with Crippen molar-refractivity contribution < 1.29 is 13.2 Å². The van der Waals surface area contributed by atoms with Crippen LogP contribution in [0.25, 0.3) is 0 Å². The van der Waals surface area contributed by atoms with Crippen LogP contribution in [-0.4, -0.2) is 68.4 Å². The van der Waals surface area contributed by atoms with E-state index in [4.69, 9.17) is 0 Å². The van der Waals surface area contributed by atoms with Crippen molar-refractivity contribution in [1.82, 2.24) is 9.80 Å². The molecule has 1 amide bonds. The van der Waals surface area contributed by atoms with Crippen LogP contribution in [0.4, 0.5) is 0 Å². The largest absolute Gasteiger partial charge is 0.342 e. The van der Waals surface area contributed by atoms with Gasteiger partial charge in [0.05, 0.1) is 18.1 Å². The van der Waals surface area contributed by atoms with Crippen molar-refractivity contribution in [3.05, 3.63) is 0 Å². The van der Waals surface area contributed by atoms with E-state index in [9.17, 15) is 13.2 Å². The molecule has 94 valence electrons. The van der Waals surface area contributed by atoms with Crippen LogP contribution in [0, 0.1) is 0 Å². The van der Waals surface area contributed by atoms with Crippen molar-refractivity contribution in [2.75, 3.05) is 44.2 Å². The molecule has 1 fully saturated rings. The van der Waals surface area contributed by atoms with Crippen molar-refractivity contribution >= 4 is 15.7 Å². The standard InChI is InChI=1S/C10H20N2O3S/c1-3-12(4-2)10(13)9-11-5-7-16(14,15)8-6-11/h3-9H2,1-2H3. The Hall–Kier alpha value is -0.620. The zero-order valence-electron chi connectivity index (χ0n) is 9.98. The predicted octanol–water partition coefficient (Wildman–Crippen LogP) is -0.415. The van der Waals surface area contributed by atoms with Crippen LogP contribution in [0.5, 0.6) is 0 Å². The summed E-state index contributed by atoms with van der Waals surface area (Å²) in [6.45, 7) is 6.62. The lowest BCUT2D eigenvalue weighted by Gasteiger charge is -2.28. The van der Waals surface area contributed by atoms with E-state index >= 15 is 0 Å². The number of hydrogen-bond acceptors (Lipinski definition) is 4. The van der Waals surface area contributed by atoms with Crippen molar-refractivity contribution in [2.24, 2.45) is 0 Å². The quantitative estimate of drug-likeness (QED) is 0.678. The molecular weight excluding hydrogens is 228 g/mol. The molecule has 0 aliphatic carbocycles. The minimum atomic E-state index is -2.85. The normalized spacial score (nSPS) is 20.6. The third kappa shape index (κ3) is 3.75. The van der Waals surface area contributed by atoms with Gasteiger partial charge < -0.3 is 4.90 Å². The summed E-state index contributed by atoms with van der Waals surface area (Å²) in [6, 6.07) is 0. The van der Waals surface area contributed by atoms with E-state index in [1.165, 1.54) is 0 Å². The summed E-state index contributed by atoms with van der Waals surface area (Å²) in [5.74, 6) is 0.446. The van der Waals surface area contributed by atoms with E-state index in [0.29, 0.717) is 32.7 Å². The number of nitrogens with zero attached hydrogens (tertiary/aromatic N) is 2. The second-order valence-electron chi connectivity index (χ2n) is 3.99. The molecule has 0 unspecified atom stereocenters. The summed E-state index contributed by atoms with van der Waals surface area (Å²) >= 11 is 0. The van der Waals surface area contributed by atoms with E-state index in [1.54, 1.807) is 4.90 Å². The molecule has 1 aliphatic rings. The molecule has 0 bridgehead atoms. The van der Waals surface area contributed by atoms with Gasteiger partial charge in [-0.25, -0.2) is 8.42 Å². The molecule has 0 saturated carbocycles. The first-order chi connectivity index (χ1) is 7.48. The Bertz CT molecular complexity index is 322. The maximum absolute atomic E-state index is 11.8. The molecule has 0 atom stereocenters. The number of likely N-dealkylation sites (N-methyl/N-ethyl adjacent to an activating group) is 1. The Morgan fingerprint density at radius 1 is 1.19 bits per heavy atom. The summed E-state index contributed by atoms with van der Waals surface area (Å²) in [6.07, 6.45) is 0. The van der Waals surface area contributed by atoms with Gasteiger partial charge in [-0.15, -0.1) is 0 Å². The second-order valence-corrected chi connectivity index (χ2v) is 6.30. The topological polar surface area (TPSA) is 57.7 Å². The summed E-state index contributed by atoms with van der Waals surface area (Å²) in [7, 11) is -2.85. The van der Waals surface area contributed by atoms with E-state index in [2.05, 4.69) is 0 Å². The molecule has 0 spiro atoms. The molecule has 0 aromatic carbocycles. The lowest BCUT2D eigenvalue weighted by atomic mass is 10.4. The number of sulfone groups is 1. The van der Waals surface area contributed by atoms with Crippen molar-refractivity contribution in [3.63, 3.8) is 0 Å². The van der Waals surface area contributed by atoms with E-state index < -0.39 is 9.84 Å². The maximum atomic E-state index is 11.8. The lowest BCUT2D eigenvalue weighted by molar-refractivity contribution is -0.132. The fourth-order valence-corrected chi connectivity index (χ4v) is 3.05. The van der Waals surface area contributed by atoms with Gasteiger partial charge in [0.25, 0.3) is 0 Å². The molecule has 1 rings (SSSR count). The summed E-state index contributed by atoms with van der Waals surface area (Å²) in [5.41, 5.74) is 0. The first-order valence-electron chi connectivity index (χ1n) is 5.69. The van der Waals surface area contributed by atoms with Gasteiger partial charge in [-0.2, -0.15) is 0 Å². The van der Waals surface area contributed by atoms with Crippen molar-refractivity contribution in [3.8, 4) is 0 Å². The Morgan fingerprint density at radius 2 is 1.69 bits per heavy atom. The first kappa shape index (κ1) is 13.4. The molecule has 1 heterocycles. The van der Waals surface area contributed by atoms with Gasteiger partial charge in [0.15, 0.2) is 9.84 Å². The zero-order valence-corrected chi connectivity index (χ0v) is 10.8. The van der Waals surface area contributed by atoms with Crippen LogP contribution in [0.3, 0.4) is 0 Å². The van der Waals surface area contributed by atoms with Gasteiger partial charge in [-0.3, -0.25) is 9.69 Å². The molecule has 0 aromatic heterocycles. The third-order valence-electron chi connectivity index (χ3n) is 2.91. The van der Waals surface area contributed by atoms with Gasteiger partial charge in [-0.05, 0) is 13.8 Å². The number of rotatable bonds is 4. The van der Waals surface area contributed by atoms with Gasteiger partial charge in [0, 0.05) is 26.2 Å². The van der Waals surface area contributed by atoms with Crippen molar-refractivity contribution in [1.29, 1.82) is 0 Å². The number of hydrogen-bond donors (Lipinski definition) is 0. The molecule has 1 saturated heterocycles. The Kier molecular flexibility index (Phi) is 4.73. The first-order valence-corrected chi connectivity index (χ1v) is 7.51. The summed E-state index contributed by atoms with van der Waals surface area (Å²) in [5, 5.41) is 0. The third-order valence-corrected chi connectivity index (χ3v) is 4.52. The van der Waals surface area contributed by atoms with Crippen LogP contribution >= 0.6 is 0 Å². The minimum Gasteiger partial charge on any atom is -0.342 e. The molecule has 0 N–H and O–H groups in total. The van der Waals surface area contributed by atoms with Crippen molar-refractivity contribution in [2.45, 2.75) is 13.8 Å². The van der Waals surface area contributed by atoms with Crippen LogP contribution in [-0.2, 0) is 14.6 Å². The highest BCUT2D eigenvalue weighted by atomic mass is 32.2. The highest BCUT2D eigenvalue weighted by Gasteiger charge is 2.23. The second kappa shape index (κ2) is 5.63. The van der Waals surface area contributed by atoms with Gasteiger partial charge in [-0.1, -0.05) is 0 Å². The SMILES string of the molecule is CCN(CC)C(=O)CN1CCS(=O)(=O)CC1. The van der Waals surface area contributed by atoms with Gasteiger partial charge in [0.1, 0.15) is 0 Å². The Morgan fingerprint density at radius 3 is 2.12 bits per heavy atom. The molecule has 0 aromatic rings. The minimum absolute atomic E-state index is 0.0873. The predicted molar refractivity (Wildman–Crippen MR) is 63.0 cm³/mol. The number of carbonyl (C=O) groups excluding carboxylic acids is 1. The smallest absolute Gasteiger partial charge is 0.236 e. The average molecular weight is 248 g/mol. The summed E-state index contributed by atoms with van der Waals surface area (Å²) in [4.78, 5) is 15.5. The molecule has 1 aliphatic heterocycles. The van der Waals surface area contributed by atoms with Crippen LogP contribution in [0.1, 0.15) is 13.8 Å². The fraction of sp³-hybridized carbons (Fsp3) is 0.900. The molecule has 0 radical (unpaired) electrons. The lowest BCUT2D eigenvalue weighted by Crippen LogP contribution is -2.46. The monoisotopic (exact) mass is 248 g/mol. The van der Waals surface area contributed by atoms with Gasteiger partial charge in [0.2, 0.25) is 5.91 Å². The Labute approximate surface area is 97.3 Å². The average Bonchev–Trinajstić information content (AvgIpc) is 2.23. The molecule has 6 heteroatoms. The van der Waals surface area contributed by atoms with E-state index in [-0.39, 0.29) is 17.4 Å². The number of amides is 1. The van der Waals surface area contributed by atoms with E-state index in [0.717, 1.165) is 0 Å². The zero-order chi connectivity index (χ0) is 12.2. The van der Waals surface area contributed by atoms with Gasteiger partial charge >= 0.3 is 0 Å². The summed E-state index contributed by atoms with van der Waals surface area (Å²) < 4.78 is 22.4. The fourth-order valence-electron chi connectivity index (χ4n) is 1.78. The Balaban J connectivity index is 2.42. The molecule has 16 heavy (non-hydrogen) atoms. The van der Waals surface area contributed by atoms with E-state index in [1.807, 2.05) is 18.7 Å². The van der Waals surface area contributed by atoms with Crippen LogP contribution < -0.4 is 0 Å². The van der Waals surface area contributed by atoms with Crippen LogP contribution in [0.15, 0.2) is 0 Å². The highest BCUT2D eigenvalue weighted by molar-refractivity contribution is 7.91. The highest BCUT2D eigenvalue weighted by Crippen LogP contribution is 2.04. The maximum Gasteiger partial charge on any atom is 0.236 e. The molecule has 5 nitrogen and oxygen atoms in total. The number of carbonyl (C=O) groups is 1. The molecular formula is C10H20N2O3S.